The van der Waals surface area contributed by atoms with Gasteiger partial charge < -0.3 is 13.9 Å². The van der Waals surface area contributed by atoms with Crippen LogP contribution in [-0.2, 0) is 6.42 Å². The Morgan fingerprint density at radius 3 is 2.73 bits per heavy atom. The van der Waals surface area contributed by atoms with Gasteiger partial charge in [-0.05, 0) is 36.5 Å². The third-order valence-corrected chi connectivity index (χ3v) is 6.67. The smallest absolute Gasteiger partial charge is 0.276 e. The summed E-state index contributed by atoms with van der Waals surface area (Å²) >= 11 is 7.64. The van der Waals surface area contributed by atoms with E-state index in [1.807, 2.05) is 34.5 Å². The van der Waals surface area contributed by atoms with Crippen LogP contribution in [0.3, 0.4) is 0 Å². The van der Waals surface area contributed by atoms with E-state index in [-0.39, 0.29) is 5.91 Å². The molecule has 0 saturated carbocycles. The fraction of sp³-hybridized carbons (Fsp3) is 0.304. The average molecular weight is 484 g/mol. The molecular formula is C23H22ClN5O3S. The lowest BCUT2D eigenvalue weighted by molar-refractivity contribution is 0.0625. The zero-order valence-corrected chi connectivity index (χ0v) is 19.4. The normalized spacial score (nSPS) is 14.6. The fourth-order valence-corrected chi connectivity index (χ4v) is 4.65. The van der Waals surface area contributed by atoms with Crippen molar-refractivity contribution in [3.05, 3.63) is 64.5 Å². The van der Waals surface area contributed by atoms with Crippen LogP contribution in [0.4, 0.5) is 0 Å². The molecule has 3 aromatic heterocycles. The monoisotopic (exact) mass is 483 g/mol. The molecule has 8 nitrogen and oxygen atoms in total. The lowest BCUT2D eigenvalue weighted by Crippen LogP contribution is -2.49. The molecular weight excluding hydrogens is 462 g/mol. The van der Waals surface area contributed by atoms with Gasteiger partial charge in [0.15, 0.2) is 11.5 Å². The quantitative estimate of drug-likeness (QED) is 0.382. The van der Waals surface area contributed by atoms with Gasteiger partial charge in [-0.25, -0.2) is 0 Å². The van der Waals surface area contributed by atoms with Crippen LogP contribution in [0.15, 0.2) is 56.9 Å². The number of halogens is 1. The first-order valence-corrected chi connectivity index (χ1v) is 12.0. The van der Waals surface area contributed by atoms with Gasteiger partial charge in [0.05, 0.1) is 4.88 Å². The van der Waals surface area contributed by atoms with E-state index in [4.69, 9.17) is 20.6 Å². The molecule has 170 valence electrons. The Hall–Kier alpha value is -3.01. The van der Waals surface area contributed by atoms with E-state index in [1.54, 1.807) is 29.5 Å². The fourth-order valence-electron chi connectivity index (χ4n) is 3.81. The predicted molar refractivity (Wildman–Crippen MR) is 125 cm³/mol. The van der Waals surface area contributed by atoms with Crippen molar-refractivity contribution in [1.82, 2.24) is 25.1 Å². The minimum atomic E-state index is -0.112. The molecule has 5 rings (SSSR count). The topological polar surface area (TPSA) is 88.5 Å². The second-order valence-corrected chi connectivity index (χ2v) is 9.20. The van der Waals surface area contributed by atoms with Crippen LogP contribution in [0.5, 0.6) is 0 Å². The van der Waals surface area contributed by atoms with E-state index < -0.39 is 0 Å². The Morgan fingerprint density at radius 2 is 1.94 bits per heavy atom. The molecule has 1 aliphatic heterocycles. The highest BCUT2D eigenvalue weighted by Crippen LogP contribution is 2.24. The van der Waals surface area contributed by atoms with Gasteiger partial charge in [0.1, 0.15) is 0 Å². The van der Waals surface area contributed by atoms with Crippen LogP contribution < -0.4 is 0 Å². The van der Waals surface area contributed by atoms with E-state index in [0.717, 1.165) is 42.9 Å². The Kier molecular flexibility index (Phi) is 6.52. The van der Waals surface area contributed by atoms with Crippen LogP contribution in [-0.4, -0.2) is 63.7 Å². The lowest BCUT2D eigenvalue weighted by Gasteiger charge is -2.34. The summed E-state index contributed by atoms with van der Waals surface area (Å²) in [5.74, 6) is 1.73. The molecule has 1 saturated heterocycles. The van der Waals surface area contributed by atoms with Gasteiger partial charge in [0.2, 0.25) is 11.7 Å². The number of aryl methyl sites for hydroxylation is 1. The van der Waals surface area contributed by atoms with Gasteiger partial charge in [0.25, 0.3) is 5.91 Å². The molecule has 1 aliphatic rings. The predicted octanol–water partition coefficient (Wildman–Crippen LogP) is 4.50. The summed E-state index contributed by atoms with van der Waals surface area (Å²) in [5.41, 5.74) is 1.11. The van der Waals surface area contributed by atoms with E-state index in [9.17, 15) is 4.79 Å². The summed E-state index contributed by atoms with van der Waals surface area (Å²) in [5, 5.41) is 10.6. The van der Waals surface area contributed by atoms with Crippen molar-refractivity contribution in [3.63, 3.8) is 0 Å². The minimum Gasteiger partial charge on any atom is -0.355 e. The number of carbonyl (C=O) groups excluding carboxylic acids is 1. The summed E-state index contributed by atoms with van der Waals surface area (Å²) in [4.78, 5) is 22.5. The minimum absolute atomic E-state index is 0.112. The summed E-state index contributed by atoms with van der Waals surface area (Å²) in [6, 6.07) is 12.9. The number of nitrogens with zero attached hydrogens (tertiary/aromatic N) is 5. The molecule has 0 N–H and O–H groups in total. The summed E-state index contributed by atoms with van der Waals surface area (Å²) in [6.07, 6.45) is 1.66. The number of hydrogen-bond acceptors (Lipinski definition) is 8. The molecule has 1 aromatic carbocycles. The van der Waals surface area contributed by atoms with Crippen LogP contribution in [0, 0.1) is 0 Å². The first kappa shape index (κ1) is 21.8. The van der Waals surface area contributed by atoms with Gasteiger partial charge in [-0.2, -0.15) is 4.98 Å². The number of piperazine rings is 1. The van der Waals surface area contributed by atoms with Crippen molar-refractivity contribution in [3.8, 4) is 22.0 Å². The van der Waals surface area contributed by atoms with Crippen molar-refractivity contribution < 1.29 is 13.8 Å². The van der Waals surface area contributed by atoms with Gasteiger partial charge in [-0.1, -0.05) is 40.1 Å². The molecule has 33 heavy (non-hydrogen) atoms. The molecule has 0 bridgehead atoms. The van der Waals surface area contributed by atoms with E-state index >= 15 is 0 Å². The zero-order valence-electron chi connectivity index (χ0n) is 17.8. The Morgan fingerprint density at radius 1 is 1.06 bits per heavy atom. The molecule has 0 aliphatic carbocycles. The average Bonchev–Trinajstić information content (AvgIpc) is 3.61. The first-order valence-electron chi connectivity index (χ1n) is 10.8. The number of aromatic nitrogens is 3. The zero-order chi connectivity index (χ0) is 22.6. The van der Waals surface area contributed by atoms with Crippen LogP contribution in [0.25, 0.3) is 22.0 Å². The molecule has 4 aromatic rings. The number of rotatable bonds is 7. The number of benzene rings is 1. The van der Waals surface area contributed by atoms with Gasteiger partial charge in [-0.3, -0.25) is 9.69 Å². The first-order chi connectivity index (χ1) is 16.2. The maximum atomic E-state index is 12.8. The van der Waals surface area contributed by atoms with Crippen molar-refractivity contribution >= 4 is 28.8 Å². The number of hydrogen-bond donors (Lipinski definition) is 0. The van der Waals surface area contributed by atoms with Crippen LogP contribution >= 0.6 is 22.9 Å². The van der Waals surface area contributed by atoms with Gasteiger partial charge in [0, 0.05) is 49.3 Å². The molecule has 1 fully saturated rings. The van der Waals surface area contributed by atoms with Gasteiger partial charge in [-0.15, -0.1) is 11.3 Å². The molecule has 0 atom stereocenters. The Balaban J connectivity index is 1.08. The number of carbonyl (C=O) groups is 1. The molecule has 0 spiro atoms. The van der Waals surface area contributed by atoms with Gasteiger partial charge >= 0.3 is 0 Å². The van der Waals surface area contributed by atoms with Crippen LogP contribution in [0.2, 0.25) is 5.02 Å². The number of thiophene rings is 1. The summed E-state index contributed by atoms with van der Waals surface area (Å²) in [7, 11) is 0. The summed E-state index contributed by atoms with van der Waals surface area (Å²) < 4.78 is 10.7. The Bertz CT molecular complexity index is 1210. The second kappa shape index (κ2) is 9.86. The SMILES string of the molecule is O=C(c1cc(-c2cccc(Cl)c2)on1)N1CCN(CCCc2nc(-c3cccs3)no2)CC1. The van der Waals surface area contributed by atoms with Crippen molar-refractivity contribution in [2.45, 2.75) is 12.8 Å². The highest BCUT2D eigenvalue weighted by Gasteiger charge is 2.25. The number of amides is 1. The molecule has 1 amide bonds. The largest absolute Gasteiger partial charge is 0.355 e. The van der Waals surface area contributed by atoms with Crippen molar-refractivity contribution in [1.29, 1.82) is 0 Å². The molecule has 10 heteroatoms. The highest BCUT2D eigenvalue weighted by molar-refractivity contribution is 7.13. The maximum Gasteiger partial charge on any atom is 0.276 e. The van der Waals surface area contributed by atoms with E-state index in [1.165, 1.54) is 0 Å². The molecule has 0 unspecified atom stereocenters. The molecule has 4 heterocycles. The third kappa shape index (κ3) is 5.16. The molecule has 0 radical (unpaired) electrons. The van der Waals surface area contributed by atoms with E-state index in [0.29, 0.717) is 41.3 Å². The summed E-state index contributed by atoms with van der Waals surface area (Å²) in [6.45, 7) is 3.86. The maximum absolute atomic E-state index is 12.8. The highest BCUT2D eigenvalue weighted by atomic mass is 35.5. The van der Waals surface area contributed by atoms with Crippen molar-refractivity contribution in [2.24, 2.45) is 0 Å². The third-order valence-electron chi connectivity index (χ3n) is 5.57. The second-order valence-electron chi connectivity index (χ2n) is 7.81. The standard InChI is InChI=1S/C23H22ClN5O3S/c24-17-5-1-4-16(14-17)19-15-18(26-31-19)23(30)29-11-9-28(10-12-29)8-2-7-21-25-22(27-32-21)20-6-3-13-33-20/h1,3-6,13-15H,2,7-12H2. The van der Waals surface area contributed by atoms with Crippen molar-refractivity contribution in [2.75, 3.05) is 32.7 Å². The van der Waals surface area contributed by atoms with Crippen LogP contribution in [0.1, 0.15) is 22.8 Å². The Labute approximate surface area is 199 Å². The lowest BCUT2D eigenvalue weighted by atomic mass is 10.1. The van der Waals surface area contributed by atoms with E-state index in [2.05, 4.69) is 20.2 Å².